The molecule has 78 valence electrons. The van der Waals surface area contributed by atoms with Crippen molar-refractivity contribution in [3.8, 4) is 5.75 Å². The lowest BCUT2D eigenvalue weighted by Crippen LogP contribution is -2.22. The lowest BCUT2D eigenvalue weighted by atomic mass is 9.94. The van der Waals surface area contributed by atoms with Gasteiger partial charge in [0.2, 0.25) is 0 Å². The van der Waals surface area contributed by atoms with Crippen LogP contribution in [-0.4, -0.2) is 18.2 Å². The van der Waals surface area contributed by atoms with Gasteiger partial charge in [0.05, 0.1) is 0 Å². The molecule has 2 N–H and O–H groups in total. The van der Waals surface area contributed by atoms with E-state index in [0.29, 0.717) is 17.7 Å². The van der Waals surface area contributed by atoms with E-state index in [1.807, 2.05) is 19.2 Å². The summed E-state index contributed by atoms with van der Waals surface area (Å²) in [5.74, 6) is 0.830. The van der Waals surface area contributed by atoms with Crippen LogP contribution in [0.15, 0.2) is 24.3 Å². The van der Waals surface area contributed by atoms with Gasteiger partial charge in [0.1, 0.15) is 5.75 Å². The van der Waals surface area contributed by atoms with Crippen LogP contribution < -0.4 is 5.32 Å². The highest BCUT2D eigenvalue weighted by Gasteiger charge is 2.09. The summed E-state index contributed by atoms with van der Waals surface area (Å²) in [5, 5.41) is 12.6. The molecule has 0 bridgehead atoms. The summed E-state index contributed by atoms with van der Waals surface area (Å²) in [7, 11) is 1.97. The first-order valence-electron chi connectivity index (χ1n) is 5.09. The Bertz CT molecular complexity index is 285. The minimum absolute atomic E-state index is 0.353. The minimum atomic E-state index is 0.353. The molecule has 1 aromatic rings. The number of phenols is 1. The van der Waals surface area contributed by atoms with E-state index in [0.717, 1.165) is 6.42 Å². The zero-order chi connectivity index (χ0) is 10.6. The lowest BCUT2D eigenvalue weighted by molar-refractivity contribution is 0.471. The highest BCUT2D eigenvalue weighted by atomic mass is 16.3. The zero-order valence-electron chi connectivity index (χ0n) is 9.12. The van der Waals surface area contributed by atoms with Gasteiger partial charge < -0.3 is 10.4 Å². The summed E-state index contributed by atoms with van der Waals surface area (Å²) in [4.78, 5) is 0. The molecule has 0 aliphatic rings. The second kappa shape index (κ2) is 5.01. The molecule has 14 heavy (non-hydrogen) atoms. The van der Waals surface area contributed by atoms with Gasteiger partial charge in [0.15, 0.2) is 0 Å². The lowest BCUT2D eigenvalue weighted by Gasteiger charge is -2.17. The predicted octanol–water partition coefficient (Wildman–Crippen LogP) is 2.49. The summed E-state index contributed by atoms with van der Waals surface area (Å²) in [6.45, 7) is 4.35. The molecule has 0 aliphatic heterocycles. The van der Waals surface area contributed by atoms with Crippen LogP contribution in [0.4, 0.5) is 0 Å². The normalized spacial score (nSPS) is 15.1. The maximum Gasteiger partial charge on any atom is 0.115 e. The van der Waals surface area contributed by atoms with E-state index in [1.165, 1.54) is 5.56 Å². The molecule has 2 atom stereocenters. The van der Waals surface area contributed by atoms with E-state index in [9.17, 15) is 5.11 Å². The Labute approximate surface area is 86.0 Å². The van der Waals surface area contributed by atoms with E-state index in [-0.39, 0.29) is 0 Å². The monoisotopic (exact) mass is 193 g/mol. The summed E-state index contributed by atoms with van der Waals surface area (Å²) in [6.07, 6.45) is 1.08. The maximum absolute atomic E-state index is 9.34. The van der Waals surface area contributed by atoms with E-state index < -0.39 is 0 Å². The quantitative estimate of drug-likeness (QED) is 0.770. The van der Waals surface area contributed by atoms with Gasteiger partial charge in [-0.3, -0.25) is 0 Å². The molecule has 0 aliphatic carbocycles. The number of phenolic OH excluding ortho intramolecular Hbond substituents is 1. The van der Waals surface area contributed by atoms with Gasteiger partial charge in [-0.1, -0.05) is 19.1 Å². The van der Waals surface area contributed by atoms with Crippen LogP contribution in [0, 0.1) is 0 Å². The average Bonchev–Trinajstić information content (AvgIpc) is 2.17. The van der Waals surface area contributed by atoms with Gasteiger partial charge >= 0.3 is 0 Å². The average molecular weight is 193 g/mol. The molecule has 0 amide bonds. The van der Waals surface area contributed by atoms with Gasteiger partial charge in [0, 0.05) is 6.04 Å². The number of benzene rings is 1. The van der Waals surface area contributed by atoms with Gasteiger partial charge in [0.25, 0.3) is 0 Å². The zero-order valence-corrected chi connectivity index (χ0v) is 9.12. The Morgan fingerprint density at radius 1 is 1.36 bits per heavy atom. The smallest absolute Gasteiger partial charge is 0.115 e. The third-order valence-electron chi connectivity index (χ3n) is 2.64. The van der Waals surface area contributed by atoms with Crippen LogP contribution in [0.5, 0.6) is 5.75 Å². The Balaban J connectivity index is 2.64. The van der Waals surface area contributed by atoms with Crippen molar-refractivity contribution in [1.29, 1.82) is 0 Å². The first-order valence-corrected chi connectivity index (χ1v) is 5.09. The number of rotatable bonds is 4. The molecule has 0 saturated heterocycles. The molecule has 0 spiro atoms. The van der Waals surface area contributed by atoms with E-state index >= 15 is 0 Å². The van der Waals surface area contributed by atoms with Crippen molar-refractivity contribution in [1.82, 2.24) is 5.32 Å². The van der Waals surface area contributed by atoms with Crippen molar-refractivity contribution in [3.63, 3.8) is 0 Å². The van der Waals surface area contributed by atoms with E-state index in [2.05, 4.69) is 25.2 Å². The van der Waals surface area contributed by atoms with Crippen LogP contribution in [-0.2, 0) is 0 Å². The van der Waals surface area contributed by atoms with Crippen LogP contribution >= 0.6 is 0 Å². The third kappa shape index (κ3) is 3.04. The Kier molecular flexibility index (Phi) is 3.96. The Hall–Kier alpha value is -1.02. The SMILES string of the molecule is CNC(C)CC(C)c1cccc(O)c1. The van der Waals surface area contributed by atoms with Crippen molar-refractivity contribution in [2.24, 2.45) is 0 Å². The summed E-state index contributed by atoms with van der Waals surface area (Å²) in [5.41, 5.74) is 1.20. The van der Waals surface area contributed by atoms with Crippen molar-refractivity contribution in [2.75, 3.05) is 7.05 Å². The molecular weight excluding hydrogens is 174 g/mol. The Morgan fingerprint density at radius 2 is 2.07 bits per heavy atom. The molecule has 0 heterocycles. The summed E-state index contributed by atoms with van der Waals surface area (Å²) >= 11 is 0. The first-order chi connectivity index (χ1) is 6.63. The topological polar surface area (TPSA) is 32.3 Å². The molecule has 2 heteroatoms. The van der Waals surface area contributed by atoms with Crippen molar-refractivity contribution in [2.45, 2.75) is 32.2 Å². The molecule has 2 unspecified atom stereocenters. The molecule has 0 aromatic heterocycles. The predicted molar refractivity (Wildman–Crippen MR) is 59.7 cm³/mol. The Morgan fingerprint density at radius 3 is 2.64 bits per heavy atom. The molecule has 0 radical (unpaired) electrons. The number of hydrogen-bond donors (Lipinski definition) is 2. The van der Waals surface area contributed by atoms with E-state index in [1.54, 1.807) is 6.07 Å². The fraction of sp³-hybridized carbons (Fsp3) is 0.500. The van der Waals surface area contributed by atoms with Crippen LogP contribution in [0.2, 0.25) is 0 Å². The van der Waals surface area contributed by atoms with Crippen LogP contribution in [0.3, 0.4) is 0 Å². The van der Waals surface area contributed by atoms with Crippen LogP contribution in [0.25, 0.3) is 0 Å². The highest BCUT2D eigenvalue weighted by Crippen LogP contribution is 2.23. The van der Waals surface area contributed by atoms with Gasteiger partial charge in [-0.25, -0.2) is 0 Å². The second-order valence-electron chi connectivity index (χ2n) is 3.92. The van der Waals surface area contributed by atoms with Crippen molar-refractivity contribution < 1.29 is 5.11 Å². The van der Waals surface area contributed by atoms with Gasteiger partial charge in [-0.2, -0.15) is 0 Å². The maximum atomic E-state index is 9.34. The molecule has 2 nitrogen and oxygen atoms in total. The van der Waals surface area contributed by atoms with Crippen molar-refractivity contribution >= 4 is 0 Å². The summed E-state index contributed by atoms with van der Waals surface area (Å²) < 4.78 is 0. The number of aromatic hydroxyl groups is 1. The van der Waals surface area contributed by atoms with E-state index in [4.69, 9.17) is 0 Å². The molecule has 1 rings (SSSR count). The summed E-state index contributed by atoms with van der Waals surface area (Å²) in [6, 6.07) is 8.01. The third-order valence-corrected chi connectivity index (χ3v) is 2.64. The highest BCUT2D eigenvalue weighted by molar-refractivity contribution is 5.29. The number of nitrogens with one attached hydrogen (secondary N) is 1. The van der Waals surface area contributed by atoms with Gasteiger partial charge in [-0.15, -0.1) is 0 Å². The molecular formula is C12H19NO. The van der Waals surface area contributed by atoms with Crippen LogP contribution in [0.1, 0.15) is 31.7 Å². The largest absolute Gasteiger partial charge is 0.508 e. The molecule has 0 saturated carbocycles. The first kappa shape index (κ1) is 11.1. The van der Waals surface area contributed by atoms with Gasteiger partial charge in [-0.05, 0) is 44.0 Å². The fourth-order valence-corrected chi connectivity index (χ4v) is 1.62. The fourth-order valence-electron chi connectivity index (χ4n) is 1.62. The second-order valence-corrected chi connectivity index (χ2v) is 3.92. The molecule has 1 aromatic carbocycles. The minimum Gasteiger partial charge on any atom is -0.508 e. The van der Waals surface area contributed by atoms with Crippen molar-refractivity contribution in [3.05, 3.63) is 29.8 Å². The molecule has 0 fully saturated rings. The number of hydrogen-bond acceptors (Lipinski definition) is 2. The standard InChI is InChI=1S/C12H19NO/c1-9(7-10(2)13-3)11-5-4-6-12(14)8-11/h4-6,8-10,13-14H,7H2,1-3H3.